The molecule has 0 aliphatic rings. The van der Waals surface area contributed by atoms with E-state index in [0.29, 0.717) is 30.2 Å². The lowest BCUT2D eigenvalue weighted by atomic mass is 10.2. The van der Waals surface area contributed by atoms with Crippen molar-refractivity contribution in [1.29, 1.82) is 0 Å². The summed E-state index contributed by atoms with van der Waals surface area (Å²) in [5.74, 6) is 0.162. The Labute approximate surface area is 173 Å². The molecule has 0 fully saturated rings. The molecule has 0 radical (unpaired) electrons. The number of aromatic nitrogens is 1. The number of nitrogens with zero attached hydrogens (tertiary/aromatic N) is 1. The Bertz CT molecular complexity index is 982. The molecule has 29 heavy (non-hydrogen) atoms. The van der Waals surface area contributed by atoms with E-state index in [4.69, 9.17) is 9.47 Å². The van der Waals surface area contributed by atoms with Gasteiger partial charge in [-0.15, -0.1) is 11.3 Å². The van der Waals surface area contributed by atoms with E-state index >= 15 is 0 Å². The van der Waals surface area contributed by atoms with Crippen molar-refractivity contribution in [3.8, 4) is 5.75 Å². The van der Waals surface area contributed by atoms with Gasteiger partial charge in [-0.25, -0.2) is 9.78 Å². The normalized spacial score (nSPS) is 10.4. The van der Waals surface area contributed by atoms with Crippen molar-refractivity contribution in [3.05, 3.63) is 75.7 Å². The highest BCUT2D eigenvalue weighted by molar-refractivity contribution is 7.09. The predicted molar refractivity (Wildman–Crippen MR) is 112 cm³/mol. The Morgan fingerprint density at radius 1 is 1.14 bits per heavy atom. The molecule has 3 rings (SSSR count). The van der Waals surface area contributed by atoms with Gasteiger partial charge in [0.25, 0.3) is 0 Å². The van der Waals surface area contributed by atoms with Crippen molar-refractivity contribution in [2.45, 2.75) is 26.9 Å². The summed E-state index contributed by atoms with van der Waals surface area (Å²) in [4.78, 5) is 28.6. The third kappa shape index (κ3) is 6.15. The van der Waals surface area contributed by atoms with Crippen LogP contribution in [0.4, 0.5) is 5.69 Å². The van der Waals surface area contributed by atoms with Crippen molar-refractivity contribution in [1.82, 2.24) is 4.98 Å². The van der Waals surface area contributed by atoms with Crippen LogP contribution in [0.2, 0.25) is 0 Å². The van der Waals surface area contributed by atoms with Crippen LogP contribution in [0.25, 0.3) is 0 Å². The van der Waals surface area contributed by atoms with E-state index in [1.807, 2.05) is 36.6 Å². The topological polar surface area (TPSA) is 77.5 Å². The number of hydrogen-bond donors (Lipinski definition) is 1. The number of carbonyl (C=O) groups excluding carboxylic acids is 2. The highest BCUT2D eigenvalue weighted by Gasteiger charge is 2.11. The Balaban J connectivity index is 1.53. The molecule has 0 atom stereocenters. The number of thiazole rings is 1. The van der Waals surface area contributed by atoms with Crippen LogP contribution < -0.4 is 10.1 Å². The molecular weight excluding hydrogens is 388 g/mol. The molecule has 3 aromatic rings. The van der Waals surface area contributed by atoms with Gasteiger partial charge >= 0.3 is 5.97 Å². The van der Waals surface area contributed by atoms with Crippen molar-refractivity contribution in [2.24, 2.45) is 0 Å². The second-order valence-electron chi connectivity index (χ2n) is 6.36. The van der Waals surface area contributed by atoms with Crippen LogP contribution >= 0.6 is 11.3 Å². The Morgan fingerprint density at radius 2 is 1.93 bits per heavy atom. The van der Waals surface area contributed by atoms with E-state index in [9.17, 15) is 9.59 Å². The molecule has 2 aromatic carbocycles. The second-order valence-corrected chi connectivity index (χ2v) is 7.30. The first-order valence-corrected chi connectivity index (χ1v) is 10.1. The zero-order valence-corrected chi connectivity index (χ0v) is 17.1. The Morgan fingerprint density at radius 3 is 2.69 bits per heavy atom. The molecule has 0 aliphatic carbocycles. The van der Waals surface area contributed by atoms with Crippen molar-refractivity contribution >= 4 is 28.9 Å². The molecule has 0 bridgehead atoms. The van der Waals surface area contributed by atoms with Crippen LogP contribution in [0.5, 0.6) is 5.75 Å². The second kappa shape index (κ2) is 9.84. The number of benzene rings is 2. The number of anilines is 1. The van der Waals surface area contributed by atoms with Gasteiger partial charge in [0.1, 0.15) is 17.4 Å². The molecular formula is C22H22N2O4S. The van der Waals surface area contributed by atoms with E-state index < -0.39 is 5.97 Å². The number of nitrogens with one attached hydrogen (secondary N) is 1. The maximum absolute atomic E-state index is 12.3. The summed E-state index contributed by atoms with van der Waals surface area (Å²) in [6, 6.07) is 14.5. The summed E-state index contributed by atoms with van der Waals surface area (Å²) in [5.41, 5.74) is 2.79. The largest absolute Gasteiger partial charge is 0.486 e. The minimum Gasteiger partial charge on any atom is -0.486 e. The van der Waals surface area contributed by atoms with Gasteiger partial charge in [0.15, 0.2) is 0 Å². The average Bonchev–Trinajstić information content (AvgIpc) is 3.15. The number of amides is 1. The summed E-state index contributed by atoms with van der Waals surface area (Å²) < 4.78 is 10.7. The minimum atomic E-state index is -0.415. The van der Waals surface area contributed by atoms with Gasteiger partial charge in [-0.1, -0.05) is 23.8 Å². The summed E-state index contributed by atoms with van der Waals surface area (Å²) in [6.45, 7) is 4.43. The fraction of sp³-hybridized carbons (Fsp3) is 0.227. The first-order chi connectivity index (χ1) is 14.0. The van der Waals surface area contributed by atoms with Crippen LogP contribution in [0, 0.1) is 6.92 Å². The summed E-state index contributed by atoms with van der Waals surface area (Å²) in [7, 11) is 0. The third-order valence-electron chi connectivity index (χ3n) is 3.98. The molecule has 1 aromatic heterocycles. The first kappa shape index (κ1) is 20.5. The molecule has 0 saturated carbocycles. The molecule has 1 heterocycles. The number of ether oxygens (including phenoxy) is 2. The lowest BCUT2D eigenvalue weighted by Crippen LogP contribution is -2.15. The average molecular weight is 410 g/mol. The molecule has 0 aliphatic heterocycles. The minimum absolute atomic E-state index is 0.144. The molecule has 7 heteroatoms. The Hall–Kier alpha value is -3.19. The molecule has 6 nitrogen and oxygen atoms in total. The molecule has 1 amide bonds. The number of carbonyl (C=O) groups is 2. The lowest BCUT2D eigenvalue weighted by molar-refractivity contribution is -0.115. The first-order valence-electron chi connectivity index (χ1n) is 9.23. The quantitative estimate of drug-likeness (QED) is 0.558. The summed E-state index contributed by atoms with van der Waals surface area (Å²) >= 11 is 1.45. The van der Waals surface area contributed by atoms with Gasteiger partial charge in [-0.05, 0) is 44.2 Å². The number of hydrogen-bond acceptors (Lipinski definition) is 6. The van der Waals surface area contributed by atoms with E-state index in [1.54, 1.807) is 31.2 Å². The van der Waals surface area contributed by atoms with Gasteiger partial charge in [0, 0.05) is 11.1 Å². The summed E-state index contributed by atoms with van der Waals surface area (Å²) in [5, 5.41) is 5.44. The molecule has 150 valence electrons. The third-order valence-corrected chi connectivity index (χ3v) is 4.85. The van der Waals surface area contributed by atoms with Crippen LogP contribution in [-0.4, -0.2) is 23.5 Å². The van der Waals surface area contributed by atoms with E-state index in [0.717, 1.165) is 10.8 Å². The molecule has 0 unspecified atom stereocenters. The van der Waals surface area contributed by atoms with E-state index in [2.05, 4.69) is 10.3 Å². The zero-order valence-electron chi connectivity index (χ0n) is 16.3. The maximum atomic E-state index is 12.3. The number of esters is 1. The van der Waals surface area contributed by atoms with Crippen LogP contribution in [0.15, 0.2) is 53.9 Å². The molecule has 0 spiro atoms. The smallest absolute Gasteiger partial charge is 0.338 e. The lowest BCUT2D eigenvalue weighted by Gasteiger charge is -2.07. The highest BCUT2D eigenvalue weighted by Crippen LogP contribution is 2.17. The van der Waals surface area contributed by atoms with Gasteiger partial charge in [-0.2, -0.15) is 0 Å². The van der Waals surface area contributed by atoms with Crippen molar-refractivity contribution in [2.75, 3.05) is 11.9 Å². The van der Waals surface area contributed by atoms with E-state index in [1.165, 1.54) is 16.9 Å². The highest BCUT2D eigenvalue weighted by atomic mass is 32.1. The SMILES string of the molecule is CCOC(=O)c1cccc(NC(=O)Cc2csc(COc3ccc(C)cc3)n2)c1. The number of aryl methyl sites for hydroxylation is 1. The fourth-order valence-corrected chi connectivity index (χ4v) is 3.29. The van der Waals surface area contributed by atoms with Gasteiger partial charge in [0.05, 0.1) is 24.3 Å². The van der Waals surface area contributed by atoms with Gasteiger partial charge < -0.3 is 14.8 Å². The predicted octanol–water partition coefficient (Wildman–Crippen LogP) is 4.39. The van der Waals surface area contributed by atoms with Gasteiger partial charge in [0.2, 0.25) is 5.91 Å². The molecule has 0 saturated heterocycles. The van der Waals surface area contributed by atoms with E-state index in [-0.39, 0.29) is 12.3 Å². The van der Waals surface area contributed by atoms with Crippen molar-refractivity contribution < 1.29 is 19.1 Å². The zero-order chi connectivity index (χ0) is 20.6. The summed E-state index contributed by atoms with van der Waals surface area (Å²) in [6.07, 6.45) is 0.144. The fourth-order valence-electron chi connectivity index (χ4n) is 2.58. The maximum Gasteiger partial charge on any atom is 0.338 e. The van der Waals surface area contributed by atoms with Crippen LogP contribution in [0.1, 0.15) is 33.5 Å². The standard InChI is InChI=1S/C22H22N2O4S/c1-3-27-22(26)16-5-4-6-17(11-16)23-20(25)12-18-14-29-21(24-18)13-28-19-9-7-15(2)8-10-19/h4-11,14H,3,12-13H2,1-2H3,(H,23,25). The van der Waals surface area contributed by atoms with Crippen LogP contribution in [-0.2, 0) is 22.6 Å². The van der Waals surface area contributed by atoms with Crippen molar-refractivity contribution in [3.63, 3.8) is 0 Å². The Kier molecular flexibility index (Phi) is 6.97. The number of rotatable bonds is 8. The van der Waals surface area contributed by atoms with Crippen LogP contribution in [0.3, 0.4) is 0 Å². The van der Waals surface area contributed by atoms with Gasteiger partial charge in [-0.3, -0.25) is 4.79 Å². The monoisotopic (exact) mass is 410 g/mol. The molecule has 1 N–H and O–H groups in total.